The summed E-state index contributed by atoms with van der Waals surface area (Å²) < 4.78 is 1.90. The van der Waals surface area contributed by atoms with Gasteiger partial charge >= 0.3 is 0 Å². The number of nitrogens with zero attached hydrogens (tertiary/aromatic N) is 3. The predicted molar refractivity (Wildman–Crippen MR) is 99.1 cm³/mol. The van der Waals surface area contributed by atoms with E-state index in [0.29, 0.717) is 5.56 Å². The largest absolute Gasteiger partial charge is 0.337 e. The van der Waals surface area contributed by atoms with E-state index in [9.17, 15) is 4.79 Å². The lowest BCUT2D eigenvalue weighted by Crippen LogP contribution is -2.46. The van der Waals surface area contributed by atoms with Crippen LogP contribution in [-0.2, 0) is 0 Å². The third-order valence-corrected chi connectivity index (χ3v) is 4.97. The molecule has 1 atom stereocenters. The van der Waals surface area contributed by atoms with Gasteiger partial charge in [-0.2, -0.15) is 5.10 Å². The molecule has 1 aliphatic heterocycles. The van der Waals surface area contributed by atoms with Gasteiger partial charge in [0.15, 0.2) is 0 Å². The van der Waals surface area contributed by atoms with Gasteiger partial charge in [-0.1, -0.05) is 18.2 Å². The number of piperidine rings is 1. The zero-order chi connectivity index (χ0) is 17.2. The van der Waals surface area contributed by atoms with Crippen molar-refractivity contribution < 1.29 is 4.79 Å². The van der Waals surface area contributed by atoms with Crippen LogP contribution in [0, 0.1) is 0 Å². The fourth-order valence-electron chi connectivity index (χ4n) is 3.46. The summed E-state index contributed by atoms with van der Waals surface area (Å²) in [5, 5.41) is 8.93. The molecule has 128 valence electrons. The molecule has 5 heteroatoms. The van der Waals surface area contributed by atoms with Gasteiger partial charge in [0, 0.05) is 30.6 Å². The molecule has 1 aromatic heterocycles. The van der Waals surface area contributed by atoms with Crippen LogP contribution in [0.3, 0.4) is 0 Å². The Morgan fingerprint density at radius 2 is 2.00 bits per heavy atom. The van der Waals surface area contributed by atoms with Gasteiger partial charge in [0.2, 0.25) is 0 Å². The van der Waals surface area contributed by atoms with Crippen LogP contribution in [0.15, 0.2) is 54.7 Å². The van der Waals surface area contributed by atoms with E-state index in [1.54, 1.807) is 0 Å². The lowest BCUT2D eigenvalue weighted by atomic mass is 10.1. The van der Waals surface area contributed by atoms with Gasteiger partial charge in [0.05, 0.1) is 17.4 Å². The molecule has 0 bridgehead atoms. The molecule has 2 heterocycles. The number of hydrogen-bond donors (Lipinski definition) is 1. The first-order valence-corrected chi connectivity index (χ1v) is 8.75. The number of hydrogen-bond acceptors (Lipinski definition) is 3. The Bertz CT molecular complexity index is 878. The average Bonchev–Trinajstić information content (AvgIpc) is 3.12. The van der Waals surface area contributed by atoms with Crippen molar-refractivity contribution in [3.05, 3.63) is 60.3 Å². The van der Waals surface area contributed by atoms with Crippen LogP contribution in [0.1, 0.15) is 23.2 Å². The van der Waals surface area contributed by atoms with Crippen molar-refractivity contribution >= 4 is 16.8 Å². The summed E-state index contributed by atoms with van der Waals surface area (Å²) in [5.74, 6) is 0.0746. The minimum atomic E-state index is 0.0746. The number of para-hydroxylation sites is 1. The van der Waals surface area contributed by atoms with Crippen LogP contribution >= 0.6 is 0 Å². The monoisotopic (exact) mass is 334 g/mol. The molecule has 0 saturated carbocycles. The molecule has 0 aliphatic carbocycles. The van der Waals surface area contributed by atoms with Crippen molar-refractivity contribution in [2.24, 2.45) is 0 Å². The summed E-state index contributed by atoms with van der Waals surface area (Å²) in [5.41, 5.74) is 2.74. The highest BCUT2D eigenvalue weighted by atomic mass is 16.2. The zero-order valence-electron chi connectivity index (χ0n) is 14.4. The van der Waals surface area contributed by atoms with Crippen LogP contribution < -0.4 is 5.32 Å². The molecule has 5 nitrogen and oxygen atoms in total. The van der Waals surface area contributed by atoms with E-state index in [1.165, 1.54) is 0 Å². The number of carbonyl (C=O) groups is 1. The maximum atomic E-state index is 12.7. The smallest absolute Gasteiger partial charge is 0.253 e. The third-order valence-electron chi connectivity index (χ3n) is 4.97. The van der Waals surface area contributed by atoms with Crippen LogP contribution in [0.5, 0.6) is 0 Å². The maximum absolute atomic E-state index is 12.7. The van der Waals surface area contributed by atoms with Crippen LogP contribution in [0.25, 0.3) is 16.6 Å². The van der Waals surface area contributed by atoms with Gasteiger partial charge in [-0.25, -0.2) is 4.68 Å². The number of carbonyl (C=O) groups excluding carboxylic acids is 1. The molecule has 1 unspecified atom stereocenters. The number of likely N-dealkylation sites (N-methyl/N-ethyl adjacent to an activating group) is 1. The number of nitrogens with one attached hydrogen (secondary N) is 1. The molecule has 0 spiro atoms. The Hall–Kier alpha value is -2.66. The van der Waals surface area contributed by atoms with Gasteiger partial charge in [-0.05, 0) is 49.7 Å². The fourth-order valence-corrected chi connectivity index (χ4v) is 3.46. The SMILES string of the molecule is CN(C(=O)c1ccc(-n2ncc3ccccc32)cc1)C1CCCNC1. The van der Waals surface area contributed by atoms with E-state index in [0.717, 1.165) is 42.5 Å². The quantitative estimate of drug-likeness (QED) is 0.801. The lowest BCUT2D eigenvalue weighted by molar-refractivity contribution is 0.0708. The van der Waals surface area contributed by atoms with E-state index < -0.39 is 0 Å². The van der Waals surface area contributed by atoms with Crippen molar-refractivity contribution in [1.29, 1.82) is 0 Å². The number of benzene rings is 2. The molecular formula is C20H22N4O. The van der Waals surface area contributed by atoms with E-state index in [2.05, 4.69) is 10.4 Å². The topological polar surface area (TPSA) is 50.2 Å². The molecule has 25 heavy (non-hydrogen) atoms. The van der Waals surface area contributed by atoms with Crippen LogP contribution in [0.2, 0.25) is 0 Å². The van der Waals surface area contributed by atoms with E-state index in [1.807, 2.05) is 71.4 Å². The van der Waals surface area contributed by atoms with Gasteiger partial charge in [0.1, 0.15) is 0 Å². The first-order chi connectivity index (χ1) is 12.2. The van der Waals surface area contributed by atoms with Crippen molar-refractivity contribution in [2.75, 3.05) is 20.1 Å². The van der Waals surface area contributed by atoms with Crippen molar-refractivity contribution in [2.45, 2.75) is 18.9 Å². The maximum Gasteiger partial charge on any atom is 0.253 e. The molecule has 4 rings (SSSR count). The van der Waals surface area contributed by atoms with Gasteiger partial charge < -0.3 is 10.2 Å². The summed E-state index contributed by atoms with van der Waals surface area (Å²) in [6.45, 7) is 1.92. The van der Waals surface area contributed by atoms with Gasteiger partial charge in [-0.3, -0.25) is 4.79 Å². The van der Waals surface area contributed by atoms with Crippen LogP contribution in [0.4, 0.5) is 0 Å². The molecular weight excluding hydrogens is 312 g/mol. The summed E-state index contributed by atoms with van der Waals surface area (Å²) in [6, 6.07) is 16.1. The zero-order valence-corrected chi connectivity index (χ0v) is 14.4. The van der Waals surface area contributed by atoms with Gasteiger partial charge in [-0.15, -0.1) is 0 Å². The number of fused-ring (bicyclic) bond motifs is 1. The van der Waals surface area contributed by atoms with Crippen molar-refractivity contribution in [3.8, 4) is 5.69 Å². The first kappa shape index (κ1) is 15.8. The van der Waals surface area contributed by atoms with Crippen molar-refractivity contribution in [3.63, 3.8) is 0 Å². The Morgan fingerprint density at radius 1 is 1.20 bits per heavy atom. The van der Waals surface area contributed by atoms with Crippen molar-refractivity contribution in [1.82, 2.24) is 20.0 Å². The fraction of sp³-hybridized carbons (Fsp3) is 0.300. The number of amides is 1. The van der Waals surface area contributed by atoms with E-state index in [4.69, 9.17) is 0 Å². The second kappa shape index (κ2) is 6.69. The molecule has 2 aromatic carbocycles. The van der Waals surface area contributed by atoms with Gasteiger partial charge in [0.25, 0.3) is 5.91 Å². The number of aromatic nitrogens is 2. The first-order valence-electron chi connectivity index (χ1n) is 8.75. The highest BCUT2D eigenvalue weighted by Crippen LogP contribution is 2.19. The Labute approximate surface area is 147 Å². The minimum absolute atomic E-state index is 0.0746. The summed E-state index contributed by atoms with van der Waals surface area (Å²) in [7, 11) is 1.90. The Balaban J connectivity index is 1.56. The number of rotatable bonds is 3. The summed E-state index contributed by atoms with van der Waals surface area (Å²) >= 11 is 0. The second-order valence-electron chi connectivity index (χ2n) is 6.58. The molecule has 0 radical (unpaired) electrons. The highest BCUT2D eigenvalue weighted by molar-refractivity contribution is 5.94. The Morgan fingerprint density at radius 3 is 2.76 bits per heavy atom. The Kier molecular flexibility index (Phi) is 4.24. The standard InChI is InChI=1S/C20H22N4O/c1-23(18-6-4-12-21-14-18)20(25)15-8-10-17(11-9-15)24-19-7-3-2-5-16(19)13-22-24/h2-3,5,7-11,13,18,21H,4,6,12,14H2,1H3. The third kappa shape index (κ3) is 3.03. The summed E-state index contributed by atoms with van der Waals surface area (Å²) in [6.07, 6.45) is 4.04. The average molecular weight is 334 g/mol. The molecule has 1 fully saturated rings. The lowest BCUT2D eigenvalue weighted by Gasteiger charge is -2.31. The predicted octanol–water partition coefficient (Wildman–Crippen LogP) is 2.85. The van der Waals surface area contributed by atoms with Crippen LogP contribution in [-0.4, -0.2) is 46.8 Å². The normalized spacial score (nSPS) is 17.6. The molecule has 3 aromatic rings. The highest BCUT2D eigenvalue weighted by Gasteiger charge is 2.22. The van der Waals surface area contributed by atoms with E-state index >= 15 is 0 Å². The summed E-state index contributed by atoms with van der Waals surface area (Å²) in [4.78, 5) is 14.6. The molecule has 1 aliphatic rings. The molecule has 1 amide bonds. The second-order valence-corrected chi connectivity index (χ2v) is 6.58. The molecule has 1 N–H and O–H groups in total. The van der Waals surface area contributed by atoms with E-state index in [-0.39, 0.29) is 11.9 Å². The minimum Gasteiger partial charge on any atom is -0.337 e. The molecule has 1 saturated heterocycles.